The Morgan fingerprint density at radius 1 is 0.921 bits per heavy atom. The van der Waals surface area contributed by atoms with E-state index in [-0.39, 0.29) is 29.9 Å². The zero-order valence-electron chi connectivity index (χ0n) is 23.0. The van der Waals surface area contributed by atoms with Crippen LogP contribution in [-0.4, -0.2) is 35.4 Å². The summed E-state index contributed by atoms with van der Waals surface area (Å²) < 4.78 is 7.07. The van der Waals surface area contributed by atoms with Gasteiger partial charge in [0, 0.05) is 23.5 Å². The molecule has 0 aliphatic heterocycles. The van der Waals surface area contributed by atoms with Gasteiger partial charge in [0.2, 0.25) is 5.91 Å². The monoisotopic (exact) mass is 578 g/mol. The topological polar surface area (TPSA) is 58.6 Å². The minimum absolute atomic E-state index is 0.000295. The summed E-state index contributed by atoms with van der Waals surface area (Å²) in [5.74, 6) is 0.279. The molecule has 0 aliphatic carbocycles. The molecular weight excluding hydrogens is 540 g/mol. The predicted octanol–water partition coefficient (Wildman–Crippen LogP) is 6.68. The van der Waals surface area contributed by atoms with E-state index >= 15 is 0 Å². The number of para-hydroxylation sites is 1. The first-order chi connectivity index (χ1) is 18.1. The van der Waals surface area contributed by atoms with Crippen LogP contribution in [0.2, 0.25) is 0 Å². The van der Waals surface area contributed by atoms with Crippen LogP contribution in [0.1, 0.15) is 57.7 Å². The molecule has 0 bridgehead atoms. The number of halogens is 1. The van der Waals surface area contributed by atoms with Crippen molar-refractivity contribution >= 4 is 27.7 Å². The van der Waals surface area contributed by atoms with E-state index in [1.807, 2.05) is 92.7 Å². The van der Waals surface area contributed by atoms with Crippen LogP contribution in [0.3, 0.4) is 0 Å². The first-order valence-electron chi connectivity index (χ1n) is 13.2. The van der Waals surface area contributed by atoms with Crippen molar-refractivity contribution in [2.24, 2.45) is 0 Å². The number of ether oxygens (including phenoxy) is 1. The molecule has 0 unspecified atom stereocenters. The van der Waals surface area contributed by atoms with Crippen molar-refractivity contribution in [3.63, 3.8) is 0 Å². The van der Waals surface area contributed by atoms with E-state index in [0.29, 0.717) is 18.7 Å². The summed E-state index contributed by atoms with van der Waals surface area (Å²) in [6, 6.07) is 24.8. The number of hydrogen-bond acceptors (Lipinski definition) is 3. The van der Waals surface area contributed by atoms with Crippen LogP contribution in [0.4, 0.5) is 0 Å². The molecule has 3 rings (SSSR count). The third-order valence-corrected chi connectivity index (χ3v) is 7.11. The molecule has 0 fully saturated rings. The van der Waals surface area contributed by atoms with Crippen LogP contribution < -0.4 is 10.1 Å². The largest absolute Gasteiger partial charge is 0.483 e. The fraction of sp³-hybridized carbons (Fsp3) is 0.375. The minimum atomic E-state index is -0.691. The molecule has 0 aliphatic rings. The number of nitrogens with zero attached hydrogens (tertiary/aromatic N) is 1. The van der Waals surface area contributed by atoms with Gasteiger partial charge in [-0.05, 0) is 53.6 Å². The van der Waals surface area contributed by atoms with Gasteiger partial charge in [0.15, 0.2) is 6.61 Å². The normalized spacial score (nSPS) is 12.9. The second-order valence-corrected chi connectivity index (χ2v) is 11.6. The van der Waals surface area contributed by atoms with Gasteiger partial charge in [-0.1, -0.05) is 104 Å². The predicted molar refractivity (Wildman–Crippen MR) is 157 cm³/mol. The lowest BCUT2D eigenvalue weighted by molar-refractivity contribution is -0.143. The number of carbonyl (C=O) groups excluding carboxylic acids is 2. The minimum Gasteiger partial charge on any atom is -0.483 e. The lowest BCUT2D eigenvalue weighted by Gasteiger charge is -2.32. The van der Waals surface area contributed by atoms with E-state index in [9.17, 15) is 9.59 Å². The molecule has 3 aromatic carbocycles. The molecule has 0 aromatic heterocycles. The molecular formula is C32H39BrN2O3. The number of amides is 2. The summed E-state index contributed by atoms with van der Waals surface area (Å²) in [5.41, 5.74) is 2.82. The molecule has 0 spiro atoms. The Hall–Kier alpha value is -3.12. The molecule has 6 heteroatoms. The molecule has 0 saturated heterocycles. The molecule has 1 N–H and O–H groups in total. The van der Waals surface area contributed by atoms with Crippen molar-refractivity contribution in [3.05, 3.63) is 100 Å². The standard InChI is InChI=1S/C32H39BrN2O3/c1-6-23(2)34-31(37)28(20-24-12-8-7-9-13-24)35(21-25-16-18-26(33)19-17-25)30(36)22-38-29-15-11-10-14-27(29)32(3,4)5/h7-19,23,28H,6,20-22H2,1-5H3,(H,34,37)/t23-,28+/m1/s1. The Balaban J connectivity index is 1.94. The molecule has 5 nitrogen and oxygen atoms in total. The second kappa shape index (κ2) is 13.6. The second-order valence-electron chi connectivity index (χ2n) is 10.7. The third kappa shape index (κ3) is 8.45. The van der Waals surface area contributed by atoms with Crippen LogP contribution in [0.25, 0.3) is 0 Å². The van der Waals surface area contributed by atoms with Gasteiger partial charge in [0.1, 0.15) is 11.8 Å². The molecule has 3 aromatic rings. The van der Waals surface area contributed by atoms with E-state index in [4.69, 9.17) is 4.74 Å². The first-order valence-corrected chi connectivity index (χ1v) is 14.0. The zero-order chi connectivity index (χ0) is 27.7. The third-order valence-electron chi connectivity index (χ3n) is 6.58. The van der Waals surface area contributed by atoms with Crippen LogP contribution in [0, 0.1) is 0 Å². The van der Waals surface area contributed by atoms with Crippen molar-refractivity contribution in [2.75, 3.05) is 6.61 Å². The average molecular weight is 580 g/mol. The molecule has 0 radical (unpaired) electrons. The average Bonchev–Trinajstić information content (AvgIpc) is 2.90. The van der Waals surface area contributed by atoms with Gasteiger partial charge in [-0.2, -0.15) is 0 Å². The summed E-state index contributed by atoms with van der Waals surface area (Å²) in [5, 5.41) is 3.10. The van der Waals surface area contributed by atoms with Crippen molar-refractivity contribution in [3.8, 4) is 5.75 Å². The molecule has 0 saturated carbocycles. The van der Waals surface area contributed by atoms with Gasteiger partial charge in [-0.15, -0.1) is 0 Å². The van der Waals surface area contributed by atoms with Crippen molar-refractivity contribution in [1.29, 1.82) is 0 Å². The highest BCUT2D eigenvalue weighted by Gasteiger charge is 2.31. The lowest BCUT2D eigenvalue weighted by Crippen LogP contribution is -2.53. The number of nitrogens with one attached hydrogen (secondary N) is 1. The zero-order valence-corrected chi connectivity index (χ0v) is 24.6. The van der Waals surface area contributed by atoms with Gasteiger partial charge >= 0.3 is 0 Å². The SMILES string of the molecule is CC[C@@H](C)NC(=O)[C@H](Cc1ccccc1)N(Cc1ccc(Br)cc1)C(=O)COc1ccccc1C(C)(C)C. The molecule has 2 amide bonds. The molecule has 2 atom stereocenters. The van der Waals surface area contributed by atoms with Gasteiger partial charge in [-0.25, -0.2) is 0 Å². The van der Waals surface area contributed by atoms with Crippen LogP contribution >= 0.6 is 15.9 Å². The van der Waals surface area contributed by atoms with Gasteiger partial charge in [0.05, 0.1) is 0 Å². The summed E-state index contributed by atoms with van der Waals surface area (Å²) in [6.45, 7) is 10.5. The smallest absolute Gasteiger partial charge is 0.261 e. The quantitative estimate of drug-likeness (QED) is 0.276. The Bertz CT molecular complexity index is 1190. The van der Waals surface area contributed by atoms with Crippen LogP contribution in [0.15, 0.2) is 83.3 Å². The highest BCUT2D eigenvalue weighted by Crippen LogP contribution is 2.31. The number of carbonyl (C=O) groups is 2. The van der Waals surface area contributed by atoms with Gasteiger partial charge < -0.3 is 15.0 Å². The Kier molecular flexibility index (Phi) is 10.5. The van der Waals surface area contributed by atoms with E-state index in [1.54, 1.807) is 4.90 Å². The first kappa shape index (κ1) is 29.4. The maximum Gasteiger partial charge on any atom is 0.261 e. The Labute approximate surface area is 235 Å². The summed E-state index contributed by atoms with van der Waals surface area (Å²) in [6.07, 6.45) is 1.21. The Morgan fingerprint density at radius 3 is 2.18 bits per heavy atom. The number of rotatable bonds is 11. The summed E-state index contributed by atoms with van der Waals surface area (Å²) in [7, 11) is 0. The molecule has 0 heterocycles. The summed E-state index contributed by atoms with van der Waals surface area (Å²) in [4.78, 5) is 29.1. The summed E-state index contributed by atoms with van der Waals surface area (Å²) >= 11 is 3.48. The Morgan fingerprint density at radius 2 is 1.55 bits per heavy atom. The van der Waals surface area contributed by atoms with E-state index in [0.717, 1.165) is 27.6 Å². The molecule has 202 valence electrons. The van der Waals surface area contributed by atoms with Crippen molar-refractivity contribution in [1.82, 2.24) is 10.2 Å². The van der Waals surface area contributed by atoms with Crippen molar-refractivity contribution < 1.29 is 14.3 Å². The maximum atomic E-state index is 13.9. The van der Waals surface area contributed by atoms with E-state index < -0.39 is 6.04 Å². The molecule has 38 heavy (non-hydrogen) atoms. The van der Waals surface area contributed by atoms with Crippen LogP contribution in [0.5, 0.6) is 5.75 Å². The van der Waals surface area contributed by atoms with E-state index in [1.165, 1.54) is 0 Å². The fourth-order valence-corrected chi connectivity index (χ4v) is 4.48. The van der Waals surface area contributed by atoms with Crippen LogP contribution in [-0.2, 0) is 28.0 Å². The highest BCUT2D eigenvalue weighted by molar-refractivity contribution is 9.10. The van der Waals surface area contributed by atoms with Crippen molar-refractivity contribution in [2.45, 2.75) is 71.5 Å². The fourth-order valence-electron chi connectivity index (χ4n) is 4.22. The van der Waals surface area contributed by atoms with Gasteiger partial charge in [0.25, 0.3) is 5.91 Å². The number of benzene rings is 3. The van der Waals surface area contributed by atoms with Gasteiger partial charge in [-0.3, -0.25) is 9.59 Å². The van der Waals surface area contributed by atoms with E-state index in [2.05, 4.69) is 42.0 Å². The highest BCUT2D eigenvalue weighted by atomic mass is 79.9. The maximum absolute atomic E-state index is 13.9. The lowest BCUT2D eigenvalue weighted by atomic mass is 9.86. The number of hydrogen-bond donors (Lipinski definition) is 1.